The Hall–Kier alpha value is -2.11. The van der Waals surface area contributed by atoms with Crippen molar-refractivity contribution in [1.82, 2.24) is 15.5 Å². The van der Waals surface area contributed by atoms with Crippen LogP contribution in [-0.2, 0) is 0 Å². The predicted octanol–water partition coefficient (Wildman–Crippen LogP) is 2.53. The van der Waals surface area contributed by atoms with Gasteiger partial charge in [0.25, 0.3) is 5.91 Å². The van der Waals surface area contributed by atoms with Gasteiger partial charge in [0, 0.05) is 30.2 Å². The van der Waals surface area contributed by atoms with E-state index >= 15 is 0 Å². The van der Waals surface area contributed by atoms with Gasteiger partial charge in [-0.2, -0.15) is 0 Å². The first-order valence-corrected chi connectivity index (χ1v) is 7.88. The van der Waals surface area contributed by atoms with E-state index in [1.54, 1.807) is 11.0 Å². The monoisotopic (exact) mass is 321 g/mol. The molecule has 0 bridgehead atoms. The fourth-order valence-electron chi connectivity index (χ4n) is 2.53. The number of urea groups is 1. The third kappa shape index (κ3) is 5.23. The molecule has 1 aliphatic heterocycles. The van der Waals surface area contributed by atoms with Gasteiger partial charge < -0.3 is 15.5 Å². The molecule has 6 heteroatoms. The molecule has 0 saturated carbocycles. The molecule has 2 rings (SSSR count). The second kappa shape index (κ2) is 6.98. The highest BCUT2D eigenvalue weighted by Crippen LogP contribution is 2.13. The van der Waals surface area contributed by atoms with Gasteiger partial charge in [-0.15, -0.1) is 0 Å². The molecular weight excluding hydrogens is 297 g/mol. The third-order valence-corrected chi connectivity index (χ3v) is 3.69. The Labute approximate surface area is 136 Å². The van der Waals surface area contributed by atoms with Gasteiger partial charge >= 0.3 is 6.03 Å². The molecule has 0 unspecified atom stereocenters. The smallest absolute Gasteiger partial charge is 0.317 e. The maximum absolute atomic E-state index is 13.2. The summed E-state index contributed by atoms with van der Waals surface area (Å²) in [5.41, 5.74) is 0.0531. The number of likely N-dealkylation sites (tertiary alicyclic amines) is 1. The lowest BCUT2D eigenvalue weighted by Gasteiger charge is -2.34. The molecule has 23 heavy (non-hydrogen) atoms. The van der Waals surface area contributed by atoms with Crippen molar-refractivity contribution in [1.29, 1.82) is 0 Å². The average molecular weight is 321 g/mol. The van der Waals surface area contributed by atoms with Crippen LogP contribution in [0.5, 0.6) is 0 Å². The van der Waals surface area contributed by atoms with Crippen molar-refractivity contribution in [2.24, 2.45) is 0 Å². The first kappa shape index (κ1) is 17.2. The summed E-state index contributed by atoms with van der Waals surface area (Å²) in [7, 11) is 0. The van der Waals surface area contributed by atoms with Crippen molar-refractivity contribution in [3.63, 3.8) is 0 Å². The SMILES string of the molecule is CC(C)(C)NC(=O)N1CCC(NC(=O)c2cccc(F)c2)CC1. The summed E-state index contributed by atoms with van der Waals surface area (Å²) in [5, 5.41) is 5.84. The van der Waals surface area contributed by atoms with E-state index in [1.165, 1.54) is 18.2 Å². The van der Waals surface area contributed by atoms with Gasteiger partial charge in [0.15, 0.2) is 0 Å². The second-order valence-corrected chi connectivity index (χ2v) is 6.93. The Morgan fingerprint density at radius 2 is 1.87 bits per heavy atom. The van der Waals surface area contributed by atoms with E-state index in [4.69, 9.17) is 0 Å². The lowest BCUT2D eigenvalue weighted by atomic mass is 10.0. The number of carbonyl (C=O) groups is 2. The van der Waals surface area contributed by atoms with Crippen LogP contribution in [0.2, 0.25) is 0 Å². The molecule has 1 aliphatic rings. The summed E-state index contributed by atoms with van der Waals surface area (Å²) in [6.45, 7) is 7.01. The first-order valence-electron chi connectivity index (χ1n) is 7.88. The minimum Gasteiger partial charge on any atom is -0.349 e. The summed E-state index contributed by atoms with van der Waals surface area (Å²) in [4.78, 5) is 25.9. The fraction of sp³-hybridized carbons (Fsp3) is 0.529. The van der Waals surface area contributed by atoms with Gasteiger partial charge in [-0.1, -0.05) is 6.07 Å². The lowest BCUT2D eigenvalue weighted by Crippen LogP contribution is -2.53. The predicted molar refractivity (Wildman–Crippen MR) is 86.7 cm³/mol. The Morgan fingerprint density at radius 3 is 2.43 bits per heavy atom. The van der Waals surface area contributed by atoms with Gasteiger partial charge in [0.1, 0.15) is 5.82 Å². The molecule has 1 aromatic carbocycles. The maximum Gasteiger partial charge on any atom is 0.317 e. The summed E-state index contributed by atoms with van der Waals surface area (Å²) in [6, 6.07) is 5.56. The van der Waals surface area contributed by atoms with Crippen molar-refractivity contribution in [2.45, 2.75) is 45.2 Å². The van der Waals surface area contributed by atoms with Crippen molar-refractivity contribution < 1.29 is 14.0 Å². The Kier molecular flexibility index (Phi) is 5.23. The Morgan fingerprint density at radius 1 is 1.22 bits per heavy atom. The van der Waals surface area contributed by atoms with E-state index in [1.807, 2.05) is 20.8 Å². The topological polar surface area (TPSA) is 61.4 Å². The zero-order valence-corrected chi connectivity index (χ0v) is 13.9. The average Bonchev–Trinajstić information content (AvgIpc) is 2.46. The minimum atomic E-state index is -0.425. The van der Waals surface area contributed by atoms with E-state index in [0.29, 0.717) is 31.5 Å². The molecular formula is C17H24FN3O2. The summed E-state index contributed by atoms with van der Waals surface area (Å²) >= 11 is 0. The minimum absolute atomic E-state index is 0.00412. The highest BCUT2D eigenvalue weighted by atomic mass is 19.1. The highest BCUT2D eigenvalue weighted by Gasteiger charge is 2.26. The first-order chi connectivity index (χ1) is 10.7. The second-order valence-electron chi connectivity index (χ2n) is 6.93. The molecule has 2 N–H and O–H groups in total. The van der Waals surface area contributed by atoms with E-state index in [0.717, 1.165) is 0 Å². The molecule has 1 aromatic rings. The molecule has 0 atom stereocenters. The highest BCUT2D eigenvalue weighted by molar-refractivity contribution is 5.94. The number of amides is 3. The third-order valence-electron chi connectivity index (χ3n) is 3.69. The molecule has 0 radical (unpaired) electrons. The van der Waals surface area contributed by atoms with Crippen molar-refractivity contribution in [3.05, 3.63) is 35.6 Å². The van der Waals surface area contributed by atoms with E-state index in [2.05, 4.69) is 10.6 Å². The molecule has 5 nitrogen and oxygen atoms in total. The molecule has 0 spiro atoms. The summed E-state index contributed by atoms with van der Waals surface area (Å²) in [6.07, 6.45) is 1.39. The van der Waals surface area contributed by atoms with E-state index in [-0.39, 0.29) is 23.5 Å². The number of carbonyl (C=O) groups excluding carboxylic acids is 2. The van der Waals surface area contributed by atoms with Gasteiger partial charge in [-0.05, 0) is 51.8 Å². The Bertz CT molecular complexity index is 575. The van der Waals surface area contributed by atoms with Crippen LogP contribution in [0.25, 0.3) is 0 Å². The fourth-order valence-corrected chi connectivity index (χ4v) is 2.53. The van der Waals surface area contributed by atoms with E-state index < -0.39 is 5.82 Å². The number of nitrogens with zero attached hydrogens (tertiary/aromatic N) is 1. The summed E-state index contributed by atoms with van der Waals surface area (Å²) in [5.74, 6) is -0.701. The molecule has 0 aliphatic carbocycles. The molecule has 1 saturated heterocycles. The molecule has 1 fully saturated rings. The number of hydrogen-bond donors (Lipinski definition) is 2. The summed E-state index contributed by atoms with van der Waals surface area (Å²) < 4.78 is 13.2. The van der Waals surface area contributed by atoms with Crippen LogP contribution in [0.4, 0.5) is 9.18 Å². The molecule has 0 aromatic heterocycles. The van der Waals surface area contributed by atoms with Crippen LogP contribution in [0.15, 0.2) is 24.3 Å². The largest absolute Gasteiger partial charge is 0.349 e. The number of nitrogens with one attached hydrogen (secondary N) is 2. The van der Waals surface area contributed by atoms with Crippen LogP contribution in [0.1, 0.15) is 44.0 Å². The molecule has 3 amide bonds. The van der Waals surface area contributed by atoms with Crippen molar-refractivity contribution in [3.8, 4) is 0 Å². The quantitative estimate of drug-likeness (QED) is 0.879. The molecule has 1 heterocycles. The lowest BCUT2D eigenvalue weighted by molar-refractivity contribution is 0.0917. The zero-order valence-electron chi connectivity index (χ0n) is 13.9. The van der Waals surface area contributed by atoms with Crippen LogP contribution in [-0.4, -0.2) is 41.5 Å². The Balaban J connectivity index is 1.83. The number of rotatable bonds is 2. The van der Waals surface area contributed by atoms with Gasteiger partial charge in [0.05, 0.1) is 0 Å². The van der Waals surface area contributed by atoms with Crippen molar-refractivity contribution >= 4 is 11.9 Å². The maximum atomic E-state index is 13.2. The molecule has 126 valence electrons. The van der Waals surface area contributed by atoms with Crippen LogP contribution >= 0.6 is 0 Å². The van der Waals surface area contributed by atoms with Gasteiger partial charge in [-0.3, -0.25) is 4.79 Å². The normalized spacial score (nSPS) is 16.1. The number of halogens is 1. The zero-order chi connectivity index (χ0) is 17.0. The van der Waals surface area contributed by atoms with Gasteiger partial charge in [-0.25, -0.2) is 9.18 Å². The van der Waals surface area contributed by atoms with E-state index in [9.17, 15) is 14.0 Å². The number of piperidine rings is 1. The van der Waals surface area contributed by atoms with Crippen LogP contribution in [0.3, 0.4) is 0 Å². The van der Waals surface area contributed by atoms with Crippen LogP contribution in [0, 0.1) is 5.82 Å². The standard InChI is InChI=1S/C17H24FN3O2/c1-17(2,3)20-16(23)21-9-7-14(8-10-21)19-15(22)12-5-4-6-13(18)11-12/h4-6,11,14H,7-10H2,1-3H3,(H,19,22)(H,20,23). The number of benzene rings is 1. The van der Waals surface area contributed by atoms with Gasteiger partial charge in [0.2, 0.25) is 0 Å². The van der Waals surface area contributed by atoms with Crippen molar-refractivity contribution in [2.75, 3.05) is 13.1 Å². The number of hydrogen-bond acceptors (Lipinski definition) is 2. The van der Waals surface area contributed by atoms with Crippen LogP contribution < -0.4 is 10.6 Å².